The van der Waals surface area contributed by atoms with Crippen molar-refractivity contribution in [2.24, 2.45) is 0 Å². The molecule has 9 heteroatoms. The lowest BCUT2D eigenvalue weighted by molar-refractivity contribution is -0.135. The van der Waals surface area contributed by atoms with Gasteiger partial charge in [-0.15, -0.1) is 0 Å². The smallest absolute Gasteiger partial charge is 0.246 e. The molecule has 2 rings (SSSR count). The molecule has 0 unspecified atom stereocenters. The zero-order valence-corrected chi connectivity index (χ0v) is 15.2. The lowest BCUT2D eigenvalue weighted by Gasteiger charge is -2.23. The summed E-state index contributed by atoms with van der Waals surface area (Å²) in [5, 5.41) is 6.61. The minimum Gasteiger partial charge on any atom is -0.345 e. The van der Waals surface area contributed by atoms with Crippen LogP contribution in [0.2, 0.25) is 0 Å². The van der Waals surface area contributed by atoms with Crippen molar-refractivity contribution >= 4 is 23.6 Å². The van der Waals surface area contributed by atoms with Gasteiger partial charge in [0.2, 0.25) is 23.5 Å². The maximum atomic E-state index is 12.6. The van der Waals surface area contributed by atoms with E-state index in [4.69, 9.17) is 4.52 Å². The zero-order valence-electron chi connectivity index (χ0n) is 14.4. The van der Waals surface area contributed by atoms with Crippen LogP contribution in [0.3, 0.4) is 0 Å². The molecule has 0 aromatic carbocycles. The first kappa shape index (κ1) is 18.9. The van der Waals surface area contributed by atoms with Gasteiger partial charge in [-0.1, -0.05) is 5.16 Å². The maximum absolute atomic E-state index is 12.6. The Hall–Kier alpha value is -2.42. The average molecular weight is 363 g/mol. The number of hydrogen-bond donors (Lipinski definition) is 1. The van der Waals surface area contributed by atoms with Gasteiger partial charge in [0.15, 0.2) is 0 Å². The second-order valence-corrected chi connectivity index (χ2v) is 6.46. The first-order valence-corrected chi connectivity index (χ1v) is 9.14. The molecule has 25 heavy (non-hydrogen) atoms. The molecule has 134 valence electrons. The Morgan fingerprint density at radius 3 is 2.72 bits per heavy atom. The predicted octanol–water partition coefficient (Wildman–Crippen LogP) is 1.35. The van der Waals surface area contributed by atoms with Gasteiger partial charge in [-0.25, -0.2) is 0 Å². The number of amides is 2. The van der Waals surface area contributed by atoms with E-state index in [0.29, 0.717) is 18.1 Å². The number of nitrogens with one attached hydrogen (secondary N) is 1. The largest absolute Gasteiger partial charge is 0.345 e. The van der Waals surface area contributed by atoms with Crippen molar-refractivity contribution in [1.29, 1.82) is 0 Å². The van der Waals surface area contributed by atoms with Crippen LogP contribution < -0.4 is 5.32 Å². The Bertz CT molecular complexity index is 707. The van der Waals surface area contributed by atoms with Crippen molar-refractivity contribution < 1.29 is 14.1 Å². The lowest BCUT2D eigenvalue weighted by atomic mass is 10.2. The minimum absolute atomic E-state index is 0.173. The lowest BCUT2D eigenvalue weighted by Crippen LogP contribution is -2.46. The van der Waals surface area contributed by atoms with Gasteiger partial charge in [0.25, 0.3) is 0 Å². The molecule has 0 spiro atoms. The van der Waals surface area contributed by atoms with Gasteiger partial charge in [-0.05, 0) is 30.6 Å². The second kappa shape index (κ2) is 9.16. The number of likely N-dealkylation sites (N-methyl/N-ethyl adjacent to an activating group) is 1. The van der Waals surface area contributed by atoms with Crippen molar-refractivity contribution in [2.45, 2.75) is 25.9 Å². The van der Waals surface area contributed by atoms with Gasteiger partial charge in [0, 0.05) is 31.9 Å². The summed E-state index contributed by atoms with van der Waals surface area (Å²) in [5.74, 6) is 1.13. The fourth-order valence-electron chi connectivity index (χ4n) is 2.22. The van der Waals surface area contributed by atoms with Crippen LogP contribution in [0, 0.1) is 0 Å². The fourth-order valence-corrected chi connectivity index (χ4v) is 2.69. The molecule has 0 bridgehead atoms. The molecule has 0 aliphatic rings. The number of rotatable bonds is 8. The molecule has 0 radical (unpaired) electrons. The van der Waals surface area contributed by atoms with Crippen LogP contribution in [0.4, 0.5) is 0 Å². The van der Waals surface area contributed by atoms with Gasteiger partial charge in [0.1, 0.15) is 6.04 Å². The fraction of sp³-hybridized carbons (Fsp3) is 0.438. The van der Waals surface area contributed by atoms with E-state index < -0.39 is 6.04 Å². The van der Waals surface area contributed by atoms with E-state index in [2.05, 4.69) is 20.4 Å². The van der Waals surface area contributed by atoms with E-state index in [1.807, 2.05) is 6.26 Å². The molecule has 0 fully saturated rings. The van der Waals surface area contributed by atoms with E-state index in [-0.39, 0.29) is 18.4 Å². The summed E-state index contributed by atoms with van der Waals surface area (Å²) >= 11 is 1.62. The standard InChI is InChI=1S/C16H21N5O3S/c1-11(22)18-13(6-9-25-3)16(23)21(2)10-14-19-15(20-24-14)12-4-7-17-8-5-12/h4-5,7-8,13H,6,9-10H2,1-3H3,(H,18,22)/t13-/m0/s1. The third-order valence-corrected chi connectivity index (χ3v) is 4.09. The first-order chi connectivity index (χ1) is 12.0. The monoisotopic (exact) mass is 363 g/mol. The minimum atomic E-state index is -0.558. The van der Waals surface area contributed by atoms with Crippen molar-refractivity contribution in [3.05, 3.63) is 30.4 Å². The molecule has 0 saturated heterocycles. The van der Waals surface area contributed by atoms with Crippen molar-refractivity contribution in [2.75, 3.05) is 19.1 Å². The summed E-state index contributed by atoms with van der Waals surface area (Å²) < 4.78 is 5.21. The van der Waals surface area contributed by atoms with Crippen LogP contribution >= 0.6 is 11.8 Å². The summed E-state index contributed by atoms with van der Waals surface area (Å²) in [7, 11) is 1.65. The second-order valence-electron chi connectivity index (χ2n) is 5.48. The molecule has 1 atom stereocenters. The number of carbonyl (C=O) groups is 2. The molecule has 0 aliphatic heterocycles. The van der Waals surface area contributed by atoms with Crippen molar-refractivity contribution in [1.82, 2.24) is 25.3 Å². The quantitative estimate of drug-likeness (QED) is 0.755. The maximum Gasteiger partial charge on any atom is 0.246 e. The molecule has 0 aliphatic carbocycles. The molecule has 8 nitrogen and oxygen atoms in total. The van der Waals surface area contributed by atoms with Crippen LogP contribution in [0.25, 0.3) is 11.4 Å². The van der Waals surface area contributed by atoms with E-state index in [9.17, 15) is 9.59 Å². The van der Waals surface area contributed by atoms with Crippen LogP contribution in [0.5, 0.6) is 0 Å². The number of nitrogens with zero attached hydrogens (tertiary/aromatic N) is 4. The Morgan fingerprint density at radius 1 is 1.36 bits per heavy atom. The Labute approximate surface area is 150 Å². The van der Waals surface area contributed by atoms with Crippen LogP contribution in [0.15, 0.2) is 29.0 Å². The summed E-state index contributed by atoms with van der Waals surface area (Å²) in [5.41, 5.74) is 0.787. The third-order valence-electron chi connectivity index (χ3n) is 3.44. The van der Waals surface area contributed by atoms with Crippen molar-refractivity contribution in [3.63, 3.8) is 0 Å². The molecule has 2 heterocycles. The third kappa shape index (κ3) is 5.56. The van der Waals surface area contributed by atoms with Crippen molar-refractivity contribution in [3.8, 4) is 11.4 Å². The highest BCUT2D eigenvalue weighted by molar-refractivity contribution is 7.98. The first-order valence-electron chi connectivity index (χ1n) is 7.75. The van der Waals surface area contributed by atoms with Crippen LogP contribution in [-0.4, -0.2) is 56.9 Å². The number of pyridine rings is 1. The molecule has 0 saturated carbocycles. The van der Waals surface area contributed by atoms with Gasteiger partial charge < -0.3 is 14.7 Å². The number of aromatic nitrogens is 3. The normalized spacial score (nSPS) is 11.8. The van der Waals surface area contributed by atoms with Gasteiger partial charge in [0.05, 0.1) is 6.54 Å². The molecule has 2 aromatic heterocycles. The zero-order chi connectivity index (χ0) is 18.2. The molecule has 1 N–H and O–H groups in total. The van der Waals surface area contributed by atoms with E-state index in [1.54, 1.807) is 43.3 Å². The molecule has 2 amide bonds. The highest BCUT2D eigenvalue weighted by Gasteiger charge is 2.24. The highest BCUT2D eigenvalue weighted by Crippen LogP contribution is 2.15. The van der Waals surface area contributed by atoms with Gasteiger partial charge in [-0.3, -0.25) is 14.6 Å². The molecule has 2 aromatic rings. The summed E-state index contributed by atoms with van der Waals surface area (Å²) in [6.07, 6.45) is 5.81. The van der Waals surface area contributed by atoms with Crippen LogP contribution in [-0.2, 0) is 16.1 Å². The van der Waals surface area contributed by atoms with E-state index in [1.165, 1.54) is 11.8 Å². The topological polar surface area (TPSA) is 101 Å². The Balaban J connectivity index is 2.02. The Kier molecular flexibility index (Phi) is 6.93. The predicted molar refractivity (Wildman–Crippen MR) is 94.6 cm³/mol. The number of hydrogen-bond acceptors (Lipinski definition) is 7. The summed E-state index contributed by atoms with van der Waals surface area (Å²) in [4.78, 5) is 33.6. The van der Waals surface area contributed by atoms with E-state index >= 15 is 0 Å². The highest BCUT2D eigenvalue weighted by atomic mass is 32.2. The number of carbonyl (C=O) groups excluding carboxylic acids is 2. The SMILES string of the molecule is CSCC[C@H](NC(C)=O)C(=O)N(C)Cc1nc(-c2ccncc2)no1. The van der Waals surface area contributed by atoms with Crippen LogP contribution in [0.1, 0.15) is 19.2 Å². The van der Waals surface area contributed by atoms with Gasteiger partial charge in [-0.2, -0.15) is 16.7 Å². The average Bonchev–Trinajstić information content (AvgIpc) is 3.07. The van der Waals surface area contributed by atoms with E-state index in [0.717, 1.165) is 11.3 Å². The molecular formula is C16H21N5O3S. The summed E-state index contributed by atoms with van der Waals surface area (Å²) in [6.45, 7) is 1.57. The van der Waals surface area contributed by atoms with Gasteiger partial charge >= 0.3 is 0 Å². The number of thioether (sulfide) groups is 1. The summed E-state index contributed by atoms with van der Waals surface area (Å²) in [6, 6.07) is 3.00. The Morgan fingerprint density at radius 2 is 2.08 bits per heavy atom. The molecular weight excluding hydrogens is 342 g/mol.